The Bertz CT molecular complexity index is 593. The zero-order valence-corrected chi connectivity index (χ0v) is 13.0. The molecule has 3 heterocycles. The zero-order chi connectivity index (χ0) is 14.7. The maximum Gasteiger partial charge on any atom is 0.185 e. The van der Waals surface area contributed by atoms with Gasteiger partial charge in [-0.1, -0.05) is 6.07 Å². The van der Waals surface area contributed by atoms with Gasteiger partial charge in [-0.15, -0.1) is 11.3 Å². The predicted octanol–water partition coefficient (Wildman–Crippen LogP) is 1.66. The lowest BCUT2D eigenvalue weighted by Crippen LogP contribution is -2.46. The Labute approximate surface area is 128 Å². The first-order valence-corrected chi connectivity index (χ1v) is 8.07. The van der Waals surface area contributed by atoms with Crippen LogP contribution in [0.5, 0.6) is 0 Å². The molecule has 21 heavy (non-hydrogen) atoms. The number of pyridine rings is 1. The molecule has 0 radical (unpaired) electrons. The van der Waals surface area contributed by atoms with Crippen LogP contribution in [0.15, 0.2) is 23.7 Å². The minimum absolute atomic E-state index is 0.0232. The average molecular weight is 304 g/mol. The summed E-state index contributed by atoms with van der Waals surface area (Å²) in [4.78, 5) is 13.6. The van der Waals surface area contributed by atoms with Gasteiger partial charge in [-0.2, -0.15) is 0 Å². The van der Waals surface area contributed by atoms with Crippen molar-refractivity contribution in [3.63, 3.8) is 0 Å². The summed E-state index contributed by atoms with van der Waals surface area (Å²) in [5, 5.41) is 12.0. The highest BCUT2D eigenvalue weighted by atomic mass is 32.1. The highest BCUT2D eigenvalue weighted by Gasteiger charge is 2.20. The molecule has 0 saturated carbocycles. The topological polar surface area (TPSA) is 52.5 Å². The van der Waals surface area contributed by atoms with Crippen molar-refractivity contribution in [1.29, 1.82) is 0 Å². The van der Waals surface area contributed by atoms with Gasteiger partial charge < -0.3 is 10.0 Å². The maximum atomic E-state index is 9.09. The predicted molar refractivity (Wildman–Crippen MR) is 84.5 cm³/mol. The fourth-order valence-corrected chi connectivity index (χ4v) is 3.38. The van der Waals surface area contributed by atoms with Crippen molar-refractivity contribution in [1.82, 2.24) is 14.9 Å². The van der Waals surface area contributed by atoms with Gasteiger partial charge >= 0.3 is 0 Å². The lowest BCUT2D eigenvalue weighted by Gasteiger charge is -2.34. The zero-order valence-electron chi connectivity index (χ0n) is 12.2. The number of aromatic nitrogens is 2. The molecule has 2 aromatic rings. The summed E-state index contributed by atoms with van der Waals surface area (Å²) in [6.07, 6.45) is 1.87. The summed E-state index contributed by atoms with van der Waals surface area (Å²) in [6, 6.07) is 4.10. The van der Waals surface area contributed by atoms with E-state index in [-0.39, 0.29) is 6.61 Å². The summed E-state index contributed by atoms with van der Waals surface area (Å²) < 4.78 is 0. The highest BCUT2D eigenvalue weighted by Crippen LogP contribution is 2.22. The first kappa shape index (κ1) is 14.4. The molecule has 0 amide bonds. The van der Waals surface area contributed by atoms with E-state index < -0.39 is 0 Å². The highest BCUT2D eigenvalue weighted by molar-refractivity contribution is 7.13. The standard InChI is InChI=1S/C15H20N4OS/c1-12-3-2-4-16-14(12)9-18-5-7-19(8-6-18)15-17-13(10-20)11-21-15/h2-4,11,20H,5-10H2,1H3. The van der Waals surface area contributed by atoms with Crippen molar-refractivity contribution in [3.8, 4) is 0 Å². The smallest absolute Gasteiger partial charge is 0.185 e. The lowest BCUT2D eigenvalue weighted by atomic mass is 10.2. The van der Waals surface area contributed by atoms with Crippen LogP contribution >= 0.6 is 11.3 Å². The van der Waals surface area contributed by atoms with Crippen LogP contribution in [-0.2, 0) is 13.2 Å². The van der Waals surface area contributed by atoms with E-state index in [2.05, 4.69) is 32.8 Å². The molecule has 2 aromatic heterocycles. The van der Waals surface area contributed by atoms with E-state index in [0.29, 0.717) is 0 Å². The molecule has 5 nitrogen and oxygen atoms in total. The van der Waals surface area contributed by atoms with E-state index >= 15 is 0 Å². The van der Waals surface area contributed by atoms with Gasteiger partial charge in [0.05, 0.1) is 18.0 Å². The van der Waals surface area contributed by atoms with Crippen LogP contribution in [0.25, 0.3) is 0 Å². The Morgan fingerprint density at radius 2 is 2.10 bits per heavy atom. The normalized spacial score (nSPS) is 16.4. The number of aliphatic hydroxyl groups is 1. The SMILES string of the molecule is Cc1cccnc1CN1CCN(c2nc(CO)cs2)CC1. The van der Waals surface area contributed by atoms with Crippen LogP contribution in [0.1, 0.15) is 17.0 Å². The Balaban J connectivity index is 1.56. The van der Waals surface area contributed by atoms with Crippen LogP contribution in [0.3, 0.4) is 0 Å². The monoisotopic (exact) mass is 304 g/mol. The Kier molecular flexibility index (Phi) is 4.48. The molecule has 6 heteroatoms. The molecule has 1 aliphatic rings. The molecular formula is C15H20N4OS. The molecule has 112 valence electrons. The molecule has 1 fully saturated rings. The minimum atomic E-state index is 0.0232. The third-order valence-corrected chi connectivity index (χ3v) is 4.79. The second kappa shape index (κ2) is 6.51. The van der Waals surface area contributed by atoms with Crippen LogP contribution in [0.2, 0.25) is 0 Å². The summed E-state index contributed by atoms with van der Waals surface area (Å²) >= 11 is 1.61. The molecule has 0 unspecified atom stereocenters. The molecule has 0 atom stereocenters. The van der Waals surface area contributed by atoms with Crippen LogP contribution in [0, 0.1) is 6.92 Å². The van der Waals surface area contributed by atoms with Gasteiger partial charge in [-0.25, -0.2) is 4.98 Å². The minimum Gasteiger partial charge on any atom is -0.390 e. The number of thiazole rings is 1. The summed E-state index contributed by atoms with van der Waals surface area (Å²) in [5.74, 6) is 0. The third-order valence-electron chi connectivity index (χ3n) is 3.84. The molecular weight excluding hydrogens is 284 g/mol. The van der Waals surface area contributed by atoms with E-state index in [1.54, 1.807) is 11.3 Å². The number of piperazine rings is 1. The molecule has 1 N–H and O–H groups in total. The van der Waals surface area contributed by atoms with Crippen LogP contribution in [0.4, 0.5) is 5.13 Å². The summed E-state index contributed by atoms with van der Waals surface area (Å²) in [7, 11) is 0. The first-order valence-electron chi connectivity index (χ1n) is 7.19. The van der Waals surface area contributed by atoms with Crippen molar-refractivity contribution >= 4 is 16.5 Å². The Hall–Kier alpha value is -1.50. The molecule has 3 rings (SSSR count). The fourth-order valence-electron chi connectivity index (χ4n) is 2.51. The lowest BCUT2D eigenvalue weighted by molar-refractivity contribution is 0.246. The number of hydrogen-bond acceptors (Lipinski definition) is 6. The van der Waals surface area contributed by atoms with Gasteiger partial charge in [0, 0.05) is 44.3 Å². The molecule has 0 aliphatic carbocycles. The van der Waals surface area contributed by atoms with Gasteiger partial charge in [0.1, 0.15) is 0 Å². The second-order valence-electron chi connectivity index (χ2n) is 5.31. The number of hydrogen-bond donors (Lipinski definition) is 1. The largest absolute Gasteiger partial charge is 0.390 e. The van der Waals surface area contributed by atoms with E-state index in [4.69, 9.17) is 5.11 Å². The summed E-state index contributed by atoms with van der Waals surface area (Å²) in [6.45, 7) is 7.04. The molecule has 0 bridgehead atoms. The van der Waals surface area contributed by atoms with Crippen molar-refractivity contribution in [2.24, 2.45) is 0 Å². The quantitative estimate of drug-likeness (QED) is 0.931. The second-order valence-corrected chi connectivity index (χ2v) is 6.15. The molecule has 0 spiro atoms. The number of aliphatic hydroxyl groups excluding tert-OH is 1. The van der Waals surface area contributed by atoms with Crippen LogP contribution in [-0.4, -0.2) is 46.2 Å². The number of anilines is 1. The van der Waals surface area contributed by atoms with E-state index in [1.165, 1.54) is 11.3 Å². The molecule has 1 aliphatic heterocycles. The van der Waals surface area contributed by atoms with Gasteiger partial charge in [-0.3, -0.25) is 9.88 Å². The number of rotatable bonds is 4. The van der Waals surface area contributed by atoms with Gasteiger partial charge in [-0.05, 0) is 18.6 Å². The van der Waals surface area contributed by atoms with Gasteiger partial charge in [0.15, 0.2) is 5.13 Å². The fraction of sp³-hybridized carbons (Fsp3) is 0.467. The van der Waals surface area contributed by atoms with Gasteiger partial charge in [0.2, 0.25) is 0 Å². The van der Waals surface area contributed by atoms with E-state index in [9.17, 15) is 0 Å². The first-order chi connectivity index (χ1) is 10.3. The number of aryl methyl sites for hydroxylation is 1. The molecule has 0 aromatic carbocycles. The Morgan fingerprint density at radius 1 is 1.29 bits per heavy atom. The average Bonchev–Trinajstić information content (AvgIpc) is 2.99. The molecule has 1 saturated heterocycles. The van der Waals surface area contributed by atoms with Crippen molar-refractivity contribution < 1.29 is 5.11 Å². The van der Waals surface area contributed by atoms with Crippen molar-refractivity contribution in [2.45, 2.75) is 20.1 Å². The summed E-state index contributed by atoms with van der Waals surface area (Å²) in [5.41, 5.74) is 3.19. The van der Waals surface area contributed by atoms with Gasteiger partial charge in [0.25, 0.3) is 0 Å². The Morgan fingerprint density at radius 3 is 2.76 bits per heavy atom. The van der Waals surface area contributed by atoms with E-state index in [0.717, 1.165) is 43.5 Å². The van der Waals surface area contributed by atoms with Crippen LogP contribution < -0.4 is 4.90 Å². The van der Waals surface area contributed by atoms with Crippen molar-refractivity contribution in [2.75, 3.05) is 31.1 Å². The maximum absolute atomic E-state index is 9.09. The van der Waals surface area contributed by atoms with E-state index in [1.807, 2.05) is 17.6 Å². The number of nitrogens with zero attached hydrogens (tertiary/aromatic N) is 4. The van der Waals surface area contributed by atoms with Crippen molar-refractivity contribution in [3.05, 3.63) is 40.7 Å². The third kappa shape index (κ3) is 3.40.